The number of hydrogen-bond donors (Lipinski definition) is 4. The van der Waals surface area contributed by atoms with E-state index in [1.54, 1.807) is 24.4 Å². The number of carbonyl (C=O) groups excluding carboxylic acids is 2. The van der Waals surface area contributed by atoms with Crippen molar-refractivity contribution < 1.29 is 9.59 Å². The summed E-state index contributed by atoms with van der Waals surface area (Å²) in [5.74, 6) is -0.166. The van der Waals surface area contributed by atoms with Crippen LogP contribution in [0.5, 0.6) is 0 Å². The average Bonchev–Trinajstić information content (AvgIpc) is 3.25. The van der Waals surface area contributed by atoms with Gasteiger partial charge >= 0.3 is 6.03 Å². The van der Waals surface area contributed by atoms with Crippen molar-refractivity contribution in [1.29, 1.82) is 0 Å². The highest BCUT2D eigenvalue weighted by molar-refractivity contribution is 6.35. The van der Waals surface area contributed by atoms with Crippen molar-refractivity contribution in [2.45, 2.75) is 6.92 Å². The number of urea groups is 1. The van der Waals surface area contributed by atoms with Gasteiger partial charge in [-0.3, -0.25) is 4.79 Å². The van der Waals surface area contributed by atoms with Crippen molar-refractivity contribution >= 4 is 40.6 Å². The number of carbonyl (C=O) groups is 2. The lowest BCUT2D eigenvalue weighted by atomic mass is 10.1. The number of nitrogens with one attached hydrogen (secondary N) is 4. The van der Waals surface area contributed by atoms with Crippen molar-refractivity contribution in [2.24, 2.45) is 0 Å². The van der Waals surface area contributed by atoms with Gasteiger partial charge in [0.25, 0.3) is 5.91 Å². The van der Waals surface area contributed by atoms with Gasteiger partial charge in [-0.15, -0.1) is 0 Å². The Morgan fingerprint density at radius 1 is 1.00 bits per heavy atom. The van der Waals surface area contributed by atoms with Crippen LogP contribution < -0.4 is 16.0 Å². The molecule has 0 atom stereocenters. The molecule has 0 spiro atoms. The Bertz CT molecular complexity index is 1030. The molecule has 6 nitrogen and oxygen atoms in total. The predicted molar refractivity (Wildman–Crippen MR) is 108 cm³/mol. The topological polar surface area (TPSA) is 86.0 Å². The average molecular weight is 358 g/mol. The molecule has 1 aliphatic heterocycles. The van der Waals surface area contributed by atoms with Crippen LogP contribution in [0.15, 0.2) is 60.8 Å². The van der Waals surface area contributed by atoms with Gasteiger partial charge in [-0.1, -0.05) is 23.8 Å². The standard InChI is InChI=1S/C21H18N4O2/c1-13-4-6-14(7-5-13)23-21(27)24-16-8-9-17-18(11-15-3-2-10-22-15)20(26)25-19(17)12-16/h2-12,22H,1H3,(H,25,26)(H2,23,24,27). The van der Waals surface area contributed by atoms with E-state index in [1.807, 2.05) is 49.4 Å². The number of amides is 3. The second-order valence-corrected chi connectivity index (χ2v) is 6.34. The summed E-state index contributed by atoms with van der Waals surface area (Å²) in [6.07, 6.45) is 3.61. The van der Waals surface area contributed by atoms with Crippen LogP contribution in [0.4, 0.5) is 21.9 Å². The van der Waals surface area contributed by atoms with Crippen LogP contribution in [0.2, 0.25) is 0 Å². The van der Waals surface area contributed by atoms with Crippen molar-refractivity contribution in [1.82, 2.24) is 4.98 Å². The molecule has 3 aromatic rings. The molecule has 0 unspecified atom stereocenters. The monoisotopic (exact) mass is 358 g/mol. The number of hydrogen-bond acceptors (Lipinski definition) is 2. The molecule has 0 saturated heterocycles. The summed E-state index contributed by atoms with van der Waals surface area (Å²) in [4.78, 5) is 27.5. The van der Waals surface area contributed by atoms with E-state index >= 15 is 0 Å². The number of anilines is 3. The molecule has 1 aliphatic rings. The minimum Gasteiger partial charge on any atom is -0.362 e. The van der Waals surface area contributed by atoms with Crippen molar-refractivity contribution in [2.75, 3.05) is 16.0 Å². The van der Waals surface area contributed by atoms with E-state index in [0.717, 1.165) is 16.8 Å². The molecule has 0 fully saturated rings. The van der Waals surface area contributed by atoms with Crippen LogP contribution in [-0.2, 0) is 4.79 Å². The van der Waals surface area contributed by atoms with Gasteiger partial charge < -0.3 is 20.9 Å². The third-order valence-corrected chi connectivity index (χ3v) is 4.29. The van der Waals surface area contributed by atoms with Crippen LogP contribution in [0.3, 0.4) is 0 Å². The second-order valence-electron chi connectivity index (χ2n) is 6.34. The zero-order chi connectivity index (χ0) is 18.8. The maximum absolute atomic E-state index is 12.3. The Kier molecular flexibility index (Phi) is 4.22. The maximum Gasteiger partial charge on any atom is 0.323 e. The minimum absolute atomic E-state index is 0.166. The largest absolute Gasteiger partial charge is 0.362 e. The summed E-state index contributed by atoms with van der Waals surface area (Å²) in [5, 5.41) is 8.40. The fourth-order valence-corrected chi connectivity index (χ4v) is 2.94. The SMILES string of the molecule is Cc1ccc(NC(=O)Nc2ccc3c(c2)NC(=O)C3=Cc2ccc[nH]2)cc1. The molecule has 4 N–H and O–H groups in total. The zero-order valence-corrected chi connectivity index (χ0v) is 14.7. The van der Waals surface area contributed by atoms with Crippen LogP contribution >= 0.6 is 0 Å². The lowest BCUT2D eigenvalue weighted by Crippen LogP contribution is -2.19. The van der Waals surface area contributed by atoms with Gasteiger partial charge in [-0.2, -0.15) is 0 Å². The first-order valence-corrected chi connectivity index (χ1v) is 8.54. The molecule has 0 bridgehead atoms. The van der Waals surface area contributed by atoms with Crippen LogP contribution in [0, 0.1) is 6.92 Å². The first-order chi connectivity index (χ1) is 13.1. The quantitative estimate of drug-likeness (QED) is 0.521. The number of benzene rings is 2. The number of fused-ring (bicyclic) bond motifs is 1. The molecule has 0 radical (unpaired) electrons. The van der Waals surface area contributed by atoms with E-state index in [9.17, 15) is 9.59 Å². The number of aromatic nitrogens is 1. The molecule has 4 rings (SSSR count). The number of H-pyrrole nitrogens is 1. The highest BCUT2D eigenvalue weighted by Crippen LogP contribution is 2.34. The summed E-state index contributed by atoms with van der Waals surface area (Å²) < 4.78 is 0. The summed E-state index contributed by atoms with van der Waals surface area (Å²) in [7, 11) is 0. The van der Waals surface area contributed by atoms with E-state index in [-0.39, 0.29) is 11.9 Å². The third-order valence-electron chi connectivity index (χ3n) is 4.29. The van der Waals surface area contributed by atoms with Crippen molar-refractivity contribution in [3.63, 3.8) is 0 Å². The van der Waals surface area contributed by atoms with E-state index in [0.29, 0.717) is 22.6 Å². The van der Waals surface area contributed by atoms with Gasteiger partial charge in [0, 0.05) is 28.8 Å². The van der Waals surface area contributed by atoms with Gasteiger partial charge in [0.05, 0.1) is 11.3 Å². The maximum atomic E-state index is 12.3. The summed E-state index contributed by atoms with van der Waals surface area (Å²) in [6.45, 7) is 1.99. The predicted octanol–water partition coefficient (Wildman–Crippen LogP) is 4.46. The Morgan fingerprint density at radius 2 is 1.74 bits per heavy atom. The Hall–Kier alpha value is -3.80. The Morgan fingerprint density at radius 3 is 2.48 bits per heavy atom. The summed E-state index contributed by atoms with van der Waals surface area (Å²) >= 11 is 0. The minimum atomic E-state index is -0.342. The van der Waals surface area contributed by atoms with Crippen LogP contribution in [0.1, 0.15) is 16.8 Å². The van der Waals surface area contributed by atoms with E-state index < -0.39 is 0 Å². The Balaban J connectivity index is 1.50. The second kappa shape index (κ2) is 6.84. The van der Waals surface area contributed by atoms with E-state index in [1.165, 1.54) is 0 Å². The molecule has 2 aromatic carbocycles. The number of aromatic amines is 1. The number of rotatable bonds is 3. The van der Waals surface area contributed by atoms with Crippen molar-refractivity contribution in [3.05, 3.63) is 77.6 Å². The Labute approximate surface area is 156 Å². The van der Waals surface area contributed by atoms with Crippen LogP contribution in [0.25, 0.3) is 11.6 Å². The highest BCUT2D eigenvalue weighted by Gasteiger charge is 2.24. The lowest BCUT2D eigenvalue weighted by molar-refractivity contribution is -0.110. The van der Waals surface area contributed by atoms with E-state index in [2.05, 4.69) is 20.9 Å². The fourth-order valence-electron chi connectivity index (χ4n) is 2.94. The molecule has 3 amide bonds. The first kappa shape index (κ1) is 16.7. The number of aryl methyl sites for hydroxylation is 1. The van der Waals surface area contributed by atoms with Gasteiger partial charge in [0.15, 0.2) is 0 Å². The zero-order valence-electron chi connectivity index (χ0n) is 14.7. The summed E-state index contributed by atoms with van der Waals surface area (Å²) in [6, 6.07) is 16.3. The first-order valence-electron chi connectivity index (χ1n) is 8.54. The molecule has 27 heavy (non-hydrogen) atoms. The van der Waals surface area contributed by atoms with E-state index in [4.69, 9.17) is 0 Å². The normalized spacial score (nSPS) is 14.0. The van der Waals surface area contributed by atoms with Gasteiger partial charge in [-0.25, -0.2) is 4.79 Å². The molecule has 0 saturated carbocycles. The van der Waals surface area contributed by atoms with Gasteiger partial charge in [-0.05, 0) is 49.4 Å². The summed E-state index contributed by atoms with van der Waals surface area (Å²) in [5.41, 5.74) is 5.35. The molecule has 2 heterocycles. The lowest BCUT2D eigenvalue weighted by Gasteiger charge is -2.09. The molecule has 1 aromatic heterocycles. The van der Waals surface area contributed by atoms with Crippen LogP contribution in [-0.4, -0.2) is 16.9 Å². The molecular formula is C21H18N4O2. The third kappa shape index (κ3) is 3.59. The smallest absolute Gasteiger partial charge is 0.323 e. The molecular weight excluding hydrogens is 340 g/mol. The molecule has 6 heteroatoms. The van der Waals surface area contributed by atoms with Gasteiger partial charge in [0.1, 0.15) is 0 Å². The molecule has 0 aliphatic carbocycles. The van der Waals surface area contributed by atoms with Crippen molar-refractivity contribution in [3.8, 4) is 0 Å². The fraction of sp³-hybridized carbons (Fsp3) is 0.0476. The highest BCUT2D eigenvalue weighted by atomic mass is 16.2. The van der Waals surface area contributed by atoms with Gasteiger partial charge in [0.2, 0.25) is 0 Å². The molecule has 134 valence electrons.